The van der Waals surface area contributed by atoms with Crippen molar-refractivity contribution >= 4 is 28.4 Å². The summed E-state index contributed by atoms with van der Waals surface area (Å²) in [6.45, 7) is 7.06. The maximum atomic E-state index is 14.0. The molecule has 188 valence electrons. The number of carbonyl (C=O) groups is 2. The number of amides is 2. The molecule has 5 heteroatoms. The number of benzene rings is 3. The molecule has 1 aliphatic heterocycles. The van der Waals surface area contributed by atoms with Gasteiger partial charge in [0.05, 0.1) is 23.0 Å². The number of likely N-dealkylation sites (tertiary alicyclic amines) is 1. The average Bonchev–Trinajstić information content (AvgIpc) is 2.92. The molecule has 3 aromatic carbocycles. The van der Waals surface area contributed by atoms with E-state index in [4.69, 9.17) is 0 Å². The van der Waals surface area contributed by atoms with E-state index >= 15 is 0 Å². The van der Waals surface area contributed by atoms with E-state index in [1.54, 1.807) is 6.20 Å². The molecule has 2 amide bonds. The topological polar surface area (TPSA) is 62.3 Å². The van der Waals surface area contributed by atoms with Gasteiger partial charge in [0, 0.05) is 23.8 Å². The third-order valence-electron chi connectivity index (χ3n) is 7.23. The molecule has 0 aliphatic carbocycles. The number of nitrogens with one attached hydrogen (secondary N) is 1. The van der Waals surface area contributed by atoms with E-state index < -0.39 is 0 Å². The van der Waals surface area contributed by atoms with Crippen LogP contribution in [0.4, 0.5) is 5.69 Å². The number of nitrogens with zero attached hydrogens (tertiary/aromatic N) is 2. The first-order valence-corrected chi connectivity index (χ1v) is 12.9. The number of rotatable bonds is 4. The highest BCUT2D eigenvalue weighted by atomic mass is 16.2. The van der Waals surface area contributed by atoms with E-state index in [2.05, 4.69) is 37.1 Å². The lowest BCUT2D eigenvalue weighted by molar-refractivity contribution is -0.123. The number of anilines is 1. The predicted molar refractivity (Wildman–Crippen MR) is 148 cm³/mol. The summed E-state index contributed by atoms with van der Waals surface area (Å²) < 4.78 is 0. The number of pyridine rings is 1. The number of para-hydroxylation sites is 1. The molecule has 2 heterocycles. The summed E-state index contributed by atoms with van der Waals surface area (Å²) >= 11 is 0. The fourth-order valence-corrected chi connectivity index (χ4v) is 5.29. The Balaban J connectivity index is 1.50. The minimum absolute atomic E-state index is 0.0200. The first-order valence-electron chi connectivity index (χ1n) is 12.9. The van der Waals surface area contributed by atoms with Gasteiger partial charge in [0.2, 0.25) is 5.91 Å². The monoisotopic (exact) mass is 491 g/mol. The lowest BCUT2D eigenvalue weighted by Gasteiger charge is -2.41. The highest BCUT2D eigenvalue weighted by molar-refractivity contribution is 6.06. The fraction of sp³-hybridized carbons (Fsp3) is 0.281. The fourth-order valence-electron chi connectivity index (χ4n) is 5.29. The largest absolute Gasteiger partial charge is 0.331 e. The third-order valence-corrected chi connectivity index (χ3v) is 7.23. The number of aromatic nitrogens is 1. The van der Waals surface area contributed by atoms with Crippen molar-refractivity contribution in [2.45, 2.75) is 45.1 Å². The van der Waals surface area contributed by atoms with Gasteiger partial charge in [0.1, 0.15) is 0 Å². The Bertz CT molecular complexity index is 1420. The summed E-state index contributed by atoms with van der Waals surface area (Å²) in [6, 6.07) is 27.1. The Morgan fingerprint density at radius 3 is 2.46 bits per heavy atom. The van der Waals surface area contributed by atoms with E-state index in [1.807, 2.05) is 83.8 Å². The summed E-state index contributed by atoms with van der Waals surface area (Å²) in [7, 11) is 0. The van der Waals surface area contributed by atoms with Crippen molar-refractivity contribution < 1.29 is 9.59 Å². The van der Waals surface area contributed by atoms with Crippen LogP contribution in [0.1, 0.15) is 61.1 Å². The van der Waals surface area contributed by atoms with Crippen molar-refractivity contribution in [1.29, 1.82) is 0 Å². The Morgan fingerprint density at radius 2 is 1.68 bits per heavy atom. The van der Waals surface area contributed by atoms with Crippen LogP contribution in [-0.2, 0) is 10.2 Å². The molecular weight excluding hydrogens is 458 g/mol. The molecule has 1 aromatic heterocycles. The molecule has 0 spiro atoms. The van der Waals surface area contributed by atoms with Crippen LogP contribution >= 0.6 is 0 Å². The van der Waals surface area contributed by atoms with Gasteiger partial charge in [0.25, 0.3) is 5.91 Å². The van der Waals surface area contributed by atoms with E-state index in [-0.39, 0.29) is 29.2 Å². The van der Waals surface area contributed by atoms with Crippen molar-refractivity contribution in [3.63, 3.8) is 0 Å². The highest BCUT2D eigenvalue weighted by Gasteiger charge is 2.40. The van der Waals surface area contributed by atoms with Gasteiger partial charge in [-0.05, 0) is 53.6 Å². The Hall–Kier alpha value is -3.99. The highest BCUT2D eigenvalue weighted by Crippen LogP contribution is 2.38. The zero-order valence-electron chi connectivity index (χ0n) is 21.6. The first-order chi connectivity index (χ1) is 17.8. The van der Waals surface area contributed by atoms with E-state index in [0.717, 1.165) is 28.6 Å². The van der Waals surface area contributed by atoms with Gasteiger partial charge < -0.3 is 10.2 Å². The van der Waals surface area contributed by atoms with Crippen molar-refractivity contribution in [3.8, 4) is 0 Å². The summed E-state index contributed by atoms with van der Waals surface area (Å²) in [5.41, 5.74) is 4.14. The molecule has 37 heavy (non-hydrogen) atoms. The molecule has 2 atom stereocenters. The van der Waals surface area contributed by atoms with E-state index in [1.165, 1.54) is 0 Å². The second kappa shape index (κ2) is 10.2. The summed E-state index contributed by atoms with van der Waals surface area (Å²) in [5.74, 6) is -0.528. The van der Waals surface area contributed by atoms with Crippen molar-refractivity contribution in [3.05, 3.63) is 108 Å². The Morgan fingerprint density at radius 1 is 0.919 bits per heavy atom. The molecule has 4 aromatic rings. The van der Waals surface area contributed by atoms with E-state index in [0.29, 0.717) is 24.0 Å². The summed E-state index contributed by atoms with van der Waals surface area (Å²) in [6.07, 6.45) is 3.18. The number of hydrogen-bond donors (Lipinski definition) is 1. The lowest BCUT2D eigenvalue weighted by atomic mass is 9.83. The standard InChI is InChI=1S/C32H33N3O2/c1-32(2,3)24-15-8-16-25(21-24)34-30(36)27-18-10-20-35(29(27)23-11-5-4-6-12-23)31(37)26-17-7-13-22-14-9-19-33-28(22)26/h4-9,11-17,19,21,27,29H,10,18,20H2,1-3H3,(H,34,36)/t27-,29-/m0/s1. The van der Waals surface area contributed by atoms with Gasteiger partial charge in [-0.1, -0.05) is 81.4 Å². The minimum Gasteiger partial charge on any atom is -0.331 e. The van der Waals surface area contributed by atoms with E-state index in [9.17, 15) is 9.59 Å². The second-order valence-electron chi connectivity index (χ2n) is 10.8. The zero-order chi connectivity index (χ0) is 26.0. The Labute approximate surface area is 218 Å². The predicted octanol–water partition coefficient (Wildman–Crippen LogP) is 6.76. The quantitative estimate of drug-likeness (QED) is 0.343. The Kier molecular flexibility index (Phi) is 6.79. The van der Waals surface area contributed by atoms with Crippen LogP contribution in [0.2, 0.25) is 0 Å². The third kappa shape index (κ3) is 5.12. The minimum atomic E-state index is -0.374. The van der Waals surface area contributed by atoms with Gasteiger partial charge in [-0.15, -0.1) is 0 Å². The van der Waals surface area contributed by atoms with Crippen LogP contribution < -0.4 is 5.32 Å². The van der Waals surface area contributed by atoms with Crippen molar-refractivity contribution in [1.82, 2.24) is 9.88 Å². The van der Waals surface area contributed by atoms with Gasteiger partial charge in [-0.3, -0.25) is 14.6 Å². The molecule has 0 bridgehead atoms. The second-order valence-corrected chi connectivity index (χ2v) is 10.8. The summed E-state index contributed by atoms with van der Waals surface area (Å²) in [5, 5.41) is 4.09. The molecule has 0 unspecified atom stereocenters. The van der Waals surface area contributed by atoms with Gasteiger partial charge in [-0.25, -0.2) is 0 Å². The van der Waals surface area contributed by atoms with Crippen molar-refractivity contribution in [2.75, 3.05) is 11.9 Å². The van der Waals surface area contributed by atoms with Crippen molar-refractivity contribution in [2.24, 2.45) is 5.92 Å². The maximum Gasteiger partial charge on any atom is 0.256 e. The zero-order valence-corrected chi connectivity index (χ0v) is 21.6. The number of hydrogen-bond acceptors (Lipinski definition) is 3. The number of piperidine rings is 1. The molecule has 1 aliphatic rings. The molecule has 1 fully saturated rings. The maximum absolute atomic E-state index is 14.0. The van der Waals surface area contributed by atoms with Gasteiger partial charge in [-0.2, -0.15) is 0 Å². The van der Waals surface area contributed by atoms with Crippen LogP contribution in [0.5, 0.6) is 0 Å². The molecule has 0 radical (unpaired) electrons. The number of carbonyl (C=O) groups excluding carboxylic acids is 2. The lowest BCUT2D eigenvalue weighted by Crippen LogP contribution is -2.46. The number of fused-ring (bicyclic) bond motifs is 1. The molecule has 1 saturated heterocycles. The molecule has 1 N–H and O–H groups in total. The smallest absolute Gasteiger partial charge is 0.256 e. The molecular formula is C32H33N3O2. The first kappa shape index (κ1) is 24.7. The molecule has 0 saturated carbocycles. The molecule has 5 rings (SSSR count). The van der Waals surface area contributed by atoms with Crippen LogP contribution in [-0.4, -0.2) is 28.2 Å². The SMILES string of the molecule is CC(C)(C)c1cccc(NC(=O)[C@H]2CCCN(C(=O)c3cccc4cccnc34)[C@H]2c2ccccc2)c1. The normalized spacial score (nSPS) is 18.0. The molecule has 5 nitrogen and oxygen atoms in total. The van der Waals surface area contributed by atoms with Crippen LogP contribution in [0, 0.1) is 5.92 Å². The van der Waals surface area contributed by atoms with Crippen LogP contribution in [0.3, 0.4) is 0 Å². The van der Waals surface area contributed by atoms with Gasteiger partial charge in [0.15, 0.2) is 0 Å². The van der Waals surface area contributed by atoms with Gasteiger partial charge >= 0.3 is 0 Å². The summed E-state index contributed by atoms with van der Waals surface area (Å²) in [4.78, 5) is 34.2. The van der Waals surface area contributed by atoms with Crippen LogP contribution in [0.15, 0.2) is 91.1 Å². The average molecular weight is 492 g/mol. The van der Waals surface area contributed by atoms with Crippen LogP contribution in [0.25, 0.3) is 10.9 Å².